The van der Waals surface area contributed by atoms with Gasteiger partial charge in [0.15, 0.2) is 0 Å². The third-order valence-electron chi connectivity index (χ3n) is 6.21. The first-order valence-electron chi connectivity index (χ1n) is 13.0. The van der Waals surface area contributed by atoms with Crippen LogP contribution in [0.3, 0.4) is 0 Å². The Hall–Kier alpha value is -0.260. The van der Waals surface area contributed by atoms with Crippen molar-refractivity contribution in [1.29, 1.82) is 0 Å². The third kappa shape index (κ3) is 21.9. The van der Waals surface area contributed by atoms with E-state index >= 15 is 0 Å². The highest BCUT2D eigenvalue weighted by atomic mass is 14.1. The van der Waals surface area contributed by atoms with Crippen LogP contribution in [-0.2, 0) is 0 Å². The molecule has 0 atom stereocenters. The van der Waals surface area contributed by atoms with Crippen molar-refractivity contribution in [2.75, 3.05) is 0 Å². The van der Waals surface area contributed by atoms with Crippen molar-refractivity contribution in [1.82, 2.24) is 0 Å². The maximum atomic E-state index is 3.94. The zero-order valence-corrected chi connectivity index (χ0v) is 19.4. The Balaban J connectivity index is 3.54. The van der Waals surface area contributed by atoms with Gasteiger partial charge < -0.3 is 0 Å². The lowest BCUT2D eigenvalue weighted by Gasteiger charge is -2.16. The van der Waals surface area contributed by atoms with Crippen molar-refractivity contribution in [3.05, 3.63) is 12.7 Å². The minimum absolute atomic E-state index is 0.970. The Labute approximate surface area is 174 Å². The van der Waals surface area contributed by atoms with Gasteiger partial charge in [-0.3, -0.25) is 0 Å². The quantitative estimate of drug-likeness (QED) is 0.122. The monoisotopic (exact) mass is 378 g/mol. The van der Waals surface area contributed by atoms with Gasteiger partial charge in [0.05, 0.1) is 0 Å². The van der Waals surface area contributed by atoms with Crippen LogP contribution in [0.5, 0.6) is 0 Å². The van der Waals surface area contributed by atoms with E-state index in [0.717, 1.165) is 5.92 Å². The Bertz CT molecular complexity index is 245. The van der Waals surface area contributed by atoms with E-state index in [1.165, 1.54) is 141 Å². The van der Waals surface area contributed by atoms with Gasteiger partial charge in [-0.15, -0.1) is 6.58 Å². The van der Waals surface area contributed by atoms with E-state index in [2.05, 4.69) is 26.5 Å². The lowest BCUT2D eigenvalue weighted by Crippen LogP contribution is -2.01. The number of allylic oxidation sites excluding steroid dienone is 1. The Morgan fingerprint density at radius 3 is 1.15 bits per heavy atom. The fraction of sp³-hybridized carbons (Fsp3) is 0.926. The first kappa shape index (κ1) is 26.7. The standard InChI is InChI=1S/C27H54/c1-4-7-10-12-14-16-18-20-22-25-27(24-9-6-3)26-23-21-19-17-15-13-11-8-5-2/h6,27H,3-5,7-26H2,1-2H3. The van der Waals surface area contributed by atoms with E-state index < -0.39 is 0 Å². The molecule has 27 heavy (non-hydrogen) atoms. The van der Waals surface area contributed by atoms with Crippen molar-refractivity contribution in [3.8, 4) is 0 Å². The van der Waals surface area contributed by atoms with Gasteiger partial charge in [-0.25, -0.2) is 0 Å². The molecule has 0 radical (unpaired) electrons. The van der Waals surface area contributed by atoms with Crippen molar-refractivity contribution < 1.29 is 0 Å². The fourth-order valence-corrected chi connectivity index (χ4v) is 4.27. The van der Waals surface area contributed by atoms with E-state index in [1.807, 2.05) is 0 Å². The lowest BCUT2D eigenvalue weighted by atomic mass is 9.90. The summed E-state index contributed by atoms with van der Waals surface area (Å²) in [6, 6.07) is 0. The van der Waals surface area contributed by atoms with Crippen molar-refractivity contribution in [3.63, 3.8) is 0 Å². The van der Waals surface area contributed by atoms with Gasteiger partial charge in [0.1, 0.15) is 0 Å². The predicted octanol–water partition coefficient (Wildman–Crippen LogP) is 10.4. The van der Waals surface area contributed by atoms with Gasteiger partial charge in [0.2, 0.25) is 0 Å². The molecule has 0 rings (SSSR count). The van der Waals surface area contributed by atoms with Crippen LogP contribution in [0, 0.1) is 5.92 Å². The summed E-state index contributed by atoms with van der Waals surface area (Å²) in [7, 11) is 0. The summed E-state index contributed by atoms with van der Waals surface area (Å²) in [5.74, 6) is 0.970. The molecule has 0 aromatic heterocycles. The number of hydrogen-bond acceptors (Lipinski definition) is 0. The summed E-state index contributed by atoms with van der Waals surface area (Å²) in [4.78, 5) is 0. The Morgan fingerprint density at radius 2 is 0.815 bits per heavy atom. The number of rotatable bonds is 23. The third-order valence-corrected chi connectivity index (χ3v) is 6.21. The van der Waals surface area contributed by atoms with Gasteiger partial charge in [0, 0.05) is 0 Å². The molecular weight excluding hydrogens is 324 g/mol. The molecule has 0 bridgehead atoms. The summed E-state index contributed by atoms with van der Waals surface area (Å²) in [6.45, 7) is 8.54. The van der Waals surface area contributed by atoms with Crippen LogP contribution in [0.15, 0.2) is 12.7 Å². The molecule has 0 nitrogen and oxygen atoms in total. The smallest absolute Gasteiger partial charge is 0.0351 e. The molecule has 0 heterocycles. The van der Waals surface area contributed by atoms with Crippen molar-refractivity contribution in [2.24, 2.45) is 5.92 Å². The van der Waals surface area contributed by atoms with Crippen LogP contribution in [0.25, 0.3) is 0 Å². The van der Waals surface area contributed by atoms with Crippen LogP contribution in [0.4, 0.5) is 0 Å². The van der Waals surface area contributed by atoms with Crippen molar-refractivity contribution in [2.45, 2.75) is 155 Å². The van der Waals surface area contributed by atoms with Crippen LogP contribution in [0.2, 0.25) is 0 Å². The molecule has 0 aromatic rings. The molecule has 0 unspecified atom stereocenters. The van der Waals surface area contributed by atoms with Gasteiger partial charge in [-0.05, 0) is 18.8 Å². The highest BCUT2D eigenvalue weighted by Gasteiger charge is 2.07. The second-order valence-corrected chi connectivity index (χ2v) is 8.97. The molecule has 162 valence electrons. The van der Waals surface area contributed by atoms with Crippen LogP contribution >= 0.6 is 0 Å². The van der Waals surface area contributed by atoms with E-state index in [-0.39, 0.29) is 0 Å². The molecule has 0 saturated heterocycles. The predicted molar refractivity (Wildman–Crippen MR) is 127 cm³/mol. The minimum atomic E-state index is 0.970. The van der Waals surface area contributed by atoms with E-state index in [1.54, 1.807) is 0 Å². The largest absolute Gasteiger partial charge is 0.103 e. The van der Waals surface area contributed by atoms with E-state index in [9.17, 15) is 0 Å². The normalized spacial score (nSPS) is 11.4. The Morgan fingerprint density at radius 1 is 0.481 bits per heavy atom. The average molecular weight is 379 g/mol. The minimum Gasteiger partial charge on any atom is -0.103 e. The molecule has 0 aliphatic heterocycles. The molecule has 0 saturated carbocycles. The molecular formula is C27H54. The van der Waals surface area contributed by atoms with Gasteiger partial charge in [-0.1, -0.05) is 148 Å². The van der Waals surface area contributed by atoms with Crippen LogP contribution in [0.1, 0.15) is 155 Å². The molecule has 0 aliphatic carbocycles. The zero-order chi connectivity index (χ0) is 19.8. The topological polar surface area (TPSA) is 0 Å². The molecule has 0 spiro atoms. The maximum Gasteiger partial charge on any atom is -0.0351 e. The molecule has 0 aliphatic rings. The Kier molecular flexibility index (Phi) is 23.5. The second-order valence-electron chi connectivity index (χ2n) is 8.97. The highest BCUT2D eigenvalue weighted by Crippen LogP contribution is 2.23. The zero-order valence-electron chi connectivity index (χ0n) is 19.4. The molecule has 0 N–H and O–H groups in total. The van der Waals surface area contributed by atoms with E-state index in [0.29, 0.717) is 0 Å². The summed E-state index contributed by atoms with van der Waals surface area (Å²) >= 11 is 0. The second kappa shape index (κ2) is 23.8. The summed E-state index contributed by atoms with van der Waals surface area (Å²) < 4.78 is 0. The SMILES string of the molecule is C=CCCC(CCCCCCCCCCC)CCCCCCCCCCC. The molecule has 0 amide bonds. The van der Waals surface area contributed by atoms with Gasteiger partial charge >= 0.3 is 0 Å². The van der Waals surface area contributed by atoms with Crippen molar-refractivity contribution >= 4 is 0 Å². The molecule has 0 heteroatoms. The van der Waals surface area contributed by atoms with Crippen LogP contribution < -0.4 is 0 Å². The first-order valence-corrected chi connectivity index (χ1v) is 13.0. The maximum absolute atomic E-state index is 3.94. The van der Waals surface area contributed by atoms with Gasteiger partial charge in [-0.2, -0.15) is 0 Å². The number of unbranched alkanes of at least 4 members (excludes halogenated alkanes) is 16. The molecule has 0 aromatic carbocycles. The number of hydrogen-bond donors (Lipinski definition) is 0. The average Bonchev–Trinajstić information content (AvgIpc) is 2.68. The summed E-state index contributed by atoms with van der Waals surface area (Å²) in [5, 5.41) is 0. The summed E-state index contributed by atoms with van der Waals surface area (Å²) in [6.07, 6.45) is 33.8. The first-order chi connectivity index (χ1) is 13.3. The van der Waals surface area contributed by atoms with Crippen LogP contribution in [-0.4, -0.2) is 0 Å². The fourth-order valence-electron chi connectivity index (χ4n) is 4.27. The lowest BCUT2D eigenvalue weighted by molar-refractivity contribution is 0.382. The summed E-state index contributed by atoms with van der Waals surface area (Å²) in [5.41, 5.74) is 0. The van der Waals surface area contributed by atoms with Gasteiger partial charge in [0.25, 0.3) is 0 Å². The highest BCUT2D eigenvalue weighted by molar-refractivity contribution is 4.70. The van der Waals surface area contributed by atoms with E-state index in [4.69, 9.17) is 0 Å². The molecule has 0 fully saturated rings.